The minimum absolute atomic E-state index is 0.0885. The summed E-state index contributed by atoms with van der Waals surface area (Å²) in [5, 5.41) is 12.8. The minimum atomic E-state index is -0.317. The average Bonchev–Trinajstić information content (AvgIpc) is 3.69. The number of morpholine rings is 1. The molecule has 9 heteroatoms. The Morgan fingerprint density at radius 3 is 2.69 bits per heavy atom. The Labute approximate surface area is 214 Å². The summed E-state index contributed by atoms with van der Waals surface area (Å²) >= 11 is 0. The summed E-state index contributed by atoms with van der Waals surface area (Å²) in [7, 11) is 2.13. The van der Waals surface area contributed by atoms with Gasteiger partial charge in [0.1, 0.15) is 11.9 Å². The van der Waals surface area contributed by atoms with Crippen molar-refractivity contribution >= 4 is 17.5 Å². The zero-order chi connectivity index (χ0) is 25.7. The van der Waals surface area contributed by atoms with Crippen LogP contribution in [0.25, 0.3) is 0 Å². The molecule has 0 aromatic heterocycles. The normalized spacial score (nSPS) is 24.0. The number of hydrogen-bond acceptors (Lipinski definition) is 7. The molecule has 9 nitrogen and oxygen atoms in total. The number of rotatable bonds is 10. The Morgan fingerprint density at radius 1 is 1.25 bits per heavy atom. The van der Waals surface area contributed by atoms with Crippen molar-refractivity contribution < 1.29 is 24.2 Å². The van der Waals surface area contributed by atoms with Gasteiger partial charge in [0.05, 0.1) is 31.4 Å². The van der Waals surface area contributed by atoms with Crippen molar-refractivity contribution in [2.75, 3.05) is 71.5 Å². The minimum Gasteiger partial charge on any atom is -0.488 e. The molecule has 36 heavy (non-hydrogen) atoms. The molecular formula is C27H42N4O5. The van der Waals surface area contributed by atoms with E-state index in [1.165, 1.54) is 12.8 Å². The predicted octanol–water partition coefficient (Wildman–Crippen LogP) is 1.91. The van der Waals surface area contributed by atoms with E-state index in [9.17, 15) is 14.7 Å². The molecule has 1 aromatic carbocycles. The highest BCUT2D eigenvalue weighted by Gasteiger charge is 2.34. The summed E-state index contributed by atoms with van der Waals surface area (Å²) in [4.78, 5) is 32.5. The quantitative estimate of drug-likeness (QED) is 0.505. The maximum atomic E-state index is 13.6. The highest BCUT2D eigenvalue weighted by atomic mass is 16.5. The summed E-state index contributed by atoms with van der Waals surface area (Å²) in [5.41, 5.74) is 0.994. The van der Waals surface area contributed by atoms with Gasteiger partial charge in [0, 0.05) is 57.3 Å². The van der Waals surface area contributed by atoms with Gasteiger partial charge in [0.15, 0.2) is 0 Å². The zero-order valence-corrected chi connectivity index (χ0v) is 21.9. The molecule has 2 heterocycles. The smallest absolute Gasteiger partial charge is 0.258 e. The van der Waals surface area contributed by atoms with Crippen LogP contribution in [0.1, 0.15) is 43.5 Å². The highest BCUT2D eigenvalue weighted by molar-refractivity contribution is 5.99. The number of likely N-dealkylation sites (N-methyl/N-ethyl adjacent to an activating group) is 1. The van der Waals surface area contributed by atoms with Gasteiger partial charge in [-0.25, -0.2) is 0 Å². The van der Waals surface area contributed by atoms with Crippen LogP contribution in [-0.2, 0) is 9.53 Å². The molecule has 3 atom stereocenters. The second-order valence-electron chi connectivity index (χ2n) is 10.8. The average molecular weight is 503 g/mol. The Morgan fingerprint density at radius 2 is 2.00 bits per heavy atom. The van der Waals surface area contributed by atoms with E-state index in [0.717, 1.165) is 32.1 Å². The second-order valence-corrected chi connectivity index (χ2v) is 10.8. The van der Waals surface area contributed by atoms with E-state index in [-0.39, 0.29) is 36.5 Å². The molecule has 0 unspecified atom stereocenters. The molecule has 0 bridgehead atoms. The van der Waals surface area contributed by atoms with Gasteiger partial charge in [-0.1, -0.05) is 6.92 Å². The second kappa shape index (κ2) is 12.4. The molecule has 1 saturated carbocycles. The van der Waals surface area contributed by atoms with E-state index in [2.05, 4.69) is 29.1 Å². The molecule has 0 radical (unpaired) electrons. The third kappa shape index (κ3) is 7.18. The summed E-state index contributed by atoms with van der Waals surface area (Å²) in [6, 6.07) is 4.99. The number of nitrogens with zero attached hydrogens (tertiary/aromatic N) is 3. The zero-order valence-electron chi connectivity index (χ0n) is 21.9. The number of ether oxygens (including phenoxy) is 2. The molecule has 2 N–H and O–H groups in total. The Bertz CT molecular complexity index is 902. The first-order valence-electron chi connectivity index (χ1n) is 13.3. The molecule has 2 fully saturated rings. The van der Waals surface area contributed by atoms with Crippen LogP contribution in [0, 0.1) is 11.8 Å². The van der Waals surface area contributed by atoms with Gasteiger partial charge in [-0.3, -0.25) is 14.5 Å². The monoisotopic (exact) mass is 502 g/mol. The molecule has 1 aromatic rings. The van der Waals surface area contributed by atoms with Gasteiger partial charge in [0.2, 0.25) is 5.91 Å². The van der Waals surface area contributed by atoms with Crippen LogP contribution in [0.2, 0.25) is 0 Å². The van der Waals surface area contributed by atoms with Crippen LogP contribution < -0.4 is 10.1 Å². The third-order valence-corrected chi connectivity index (χ3v) is 7.47. The maximum Gasteiger partial charge on any atom is 0.258 e. The van der Waals surface area contributed by atoms with Crippen molar-refractivity contribution in [1.82, 2.24) is 14.7 Å². The summed E-state index contributed by atoms with van der Waals surface area (Å²) in [6.45, 7) is 9.94. The molecule has 2 amide bonds. The maximum absolute atomic E-state index is 13.6. The van der Waals surface area contributed by atoms with Gasteiger partial charge in [-0.2, -0.15) is 0 Å². The van der Waals surface area contributed by atoms with Crippen LogP contribution >= 0.6 is 0 Å². The van der Waals surface area contributed by atoms with E-state index in [0.29, 0.717) is 49.7 Å². The van der Waals surface area contributed by atoms with Gasteiger partial charge in [0.25, 0.3) is 5.91 Å². The van der Waals surface area contributed by atoms with Crippen LogP contribution in [0.15, 0.2) is 18.2 Å². The molecule has 4 rings (SSSR count). The fourth-order valence-electron chi connectivity index (χ4n) is 4.95. The molecule has 3 aliphatic rings. The standard InChI is InChI=1S/C27H42N4O5/c1-19-15-31(20(2)18-32)27(34)23-14-22(28-26(33)8-9-30-10-12-35-13-11-30)6-7-24(23)36-25(19)17-29(3)16-21-4-5-21/h6-7,14,19-21,25,32H,4-5,8-13,15-18H2,1-3H3,(H,28,33)/t19-,20-,25-/m0/s1. The number of carbonyl (C=O) groups is 2. The van der Waals surface area contributed by atoms with E-state index in [4.69, 9.17) is 9.47 Å². The summed E-state index contributed by atoms with van der Waals surface area (Å²) < 4.78 is 11.8. The van der Waals surface area contributed by atoms with Crippen LogP contribution in [0.4, 0.5) is 5.69 Å². The fraction of sp³-hybridized carbons (Fsp3) is 0.704. The van der Waals surface area contributed by atoms with Crippen LogP contribution in [0.5, 0.6) is 5.75 Å². The van der Waals surface area contributed by atoms with Crippen molar-refractivity contribution in [3.05, 3.63) is 23.8 Å². The first-order chi connectivity index (χ1) is 17.3. The van der Waals surface area contributed by atoms with E-state index >= 15 is 0 Å². The predicted molar refractivity (Wildman–Crippen MR) is 138 cm³/mol. The lowest BCUT2D eigenvalue weighted by Gasteiger charge is -2.38. The number of anilines is 1. The van der Waals surface area contributed by atoms with E-state index in [1.807, 2.05) is 6.92 Å². The van der Waals surface area contributed by atoms with Gasteiger partial charge < -0.3 is 29.7 Å². The lowest BCUT2D eigenvalue weighted by atomic mass is 9.99. The van der Waals surface area contributed by atoms with Gasteiger partial charge in [-0.05, 0) is 50.9 Å². The van der Waals surface area contributed by atoms with Crippen molar-refractivity contribution in [1.29, 1.82) is 0 Å². The number of benzene rings is 1. The van der Waals surface area contributed by atoms with Crippen molar-refractivity contribution in [2.45, 2.75) is 45.3 Å². The lowest BCUT2D eigenvalue weighted by Crippen LogP contribution is -2.50. The number of aliphatic hydroxyl groups is 1. The molecule has 0 spiro atoms. The van der Waals surface area contributed by atoms with Gasteiger partial charge >= 0.3 is 0 Å². The molecule has 1 saturated heterocycles. The first-order valence-corrected chi connectivity index (χ1v) is 13.3. The number of carbonyl (C=O) groups excluding carboxylic acids is 2. The topological polar surface area (TPSA) is 94.6 Å². The molecule has 2 aliphatic heterocycles. The number of nitrogens with one attached hydrogen (secondary N) is 1. The summed E-state index contributed by atoms with van der Waals surface area (Å²) in [6.07, 6.45) is 2.88. The third-order valence-electron chi connectivity index (χ3n) is 7.47. The van der Waals surface area contributed by atoms with Crippen molar-refractivity contribution in [3.63, 3.8) is 0 Å². The van der Waals surface area contributed by atoms with Crippen LogP contribution in [-0.4, -0.2) is 110 Å². The number of hydrogen-bond donors (Lipinski definition) is 2. The molecule has 1 aliphatic carbocycles. The number of aliphatic hydroxyl groups excluding tert-OH is 1. The SMILES string of the molecule is C[C@H]1CN([C@@H](C)CO)C(=O)c2cc(NC(=O)CCN3CCOCC3)ccc2O[C@H]1CN(C)CC1CC1. The number of amides is 2. The fourth-order valence-corrected chi connectivity index (χ4v) is 4.95. The Balaban J connectivity index is 1.49. The Kier molecular flexibility index (Phi) is 9.22. The summed E-state index contributed by atoms with van der Waals surface area (Å²) in [5.74, 6) is 1.13. The lowest BCUT2D eigenvalue weighted by molar-refractivity contribution is -0.116. The number of fused-ring (bicyclic) bond motifs is 1. The largest absolute Gasteiger partial charge is 0.488 e. The van der Waals surface area contributed by atoms with E-state index in [1.54, 1.807) is 23.1 Å². The molecular weight excluding hydrogens is 460 g/mol. The van der Waals surface area contributed by atoms with Crippen molar-refractivity contribution in [2.24, 2.45) is 11.8 Å². The van der Waals surface area contributed by atoms with E-state index < -0.39 is 0 Å². The van der Waals surface area contributed by atoms with Gasteiger partial charge in [-0.15, -0.1) is 0 Å². The first kappa shape index (κ1) is 26.9. The van der Waals surface area contributed by atoms with Crippen LogP contribution in [0.3, 0.4) is 0 Å². The molecule has 200 valence electrons. The Hall–Kier alpha value is -2.20. The van der Waals surface area contributed by atoms with Crippen molar-refractivity contribution in [3.8, 4) is 5.75 Å². The highest BCUT2D eigenvalue weighted by Crippen LogP contribution is 2.32.